The summed E-state index contributed by atoms with van der Waals surface area (Å²) in [6.07, 6.45) is -5.07. The van der Waals surface area contributed by atoms with Crippen molar-refractivity contribution >= 4 is 61.1 Å². The Bertz CT molecular complexity index is 2240. The maximum atomic E-state index is 13.3. The van der Waals surface area contributed by atoms with Gasteiger partial charge in [-0.1, -0.05) is 70.8 Å². The number of benzene rings is 4. The van der Waals surface area contributed by atoms with Crippen molar-refractivity contribution in [2.45, 2.75) is 47.3 Å². The predicted octanol–water partition coefficient (Wildman–Crippen LogP) is 7.81. The first-order valence-corrected chi connectivity index (χ1v) is 26.8. The van der Waals surface area contributed by atoms with Gasteiger partial charge in [-0.2, -0.15) is 12.1 Å². The SMILES string of the molecule is Cc1ccc(S(=O)(=O)P([c-]2[cH-][cH-][cH-][cH-]2)S(=O)(=O)c2ccc(C)cc2)cc1.Cc1ccc(S(=O)(=O)P([c-]2cccc2)S(=O)(=O)c2ccc(C)cc2)cc1.[Fe]. The van der Waals surface area contributed by atoms with Gasteiger partial charge in [-0.15, -0.1) is 5.30 Å². The Morgan fingerprint density at radius 2 is 0.660 bits per heavy atom. The van der Waals surface area contributed by atoms with E-state index in [0.29, 0.717) is 10.6 Å². The van der Waals surface area contributed by atoms with Crippen LogP contribution in [0.15, 0.2) is 165 Å². The Labute approximate surface area is 324 Å². The zero-order valence-electron chi connectivity index (χ0n) is 29.0. The minimum Gasteiger partial charge on any atom is -0.747 e. The third-order valence-corrected chi connectivity index (χ3v) is 31.9. The van der Waals surface area contributed by atoms with Crippen molar-refractivity contribution in [1.82, 2.24) is 0 Å². The fourth-order valence-electron chi connectivity index (χ4n) is 5.01. The predicted molar refractivity (Wildman–Crippen MR) is 211 cm³/mol. The zero-order valence-corrected chi connectivity index (χ0v) is 35.2. The second-order valence-corrected chi connectivity index (χ2v) is 31.2. The van der Waals surface area contributed by atoms with Gasteiger partial charge in [-0.25, -0.2) is 45.8 Å². The molecule has 53 heavy (non-hydrogen) atoms. The molecule has 0 saturated heterocycles. The Morgan fingerprint density at radius 3 is 0.925 bits per heavy atom. The smallest absolute Gasteiger partial charge is 0.203 e. The van der Waals surface area contributed by atoms with Crippen molar-refractivity contribution in [1.29, 1.82) is 0 Å². The van der Waals surface area contributed by atoms with E-state index in [2.05, 4.69) is 0 Å². The topological polar surface area (TPSA) is 137 Å². The molecule has 0 amide bonds. The van der Waals surface area contributed by atoms with Gasteiger partial charge >= 0.3 is 0 Å². The van der Waals surface area contributed by atoms with E-state index in [4.69, 9.17) is 0 Å². The molecule has 0 spiro atoms. The molecule has 0 bridgehead atoms. The fourth-order valence-corrected chi connectivity index (χ4v) is 28.0. The maximum Gasteiger partial charge on any atom is 0.203 e. The van der Waals surface area contributed by atoms with Crippen LogP contribution in [0.5, 0.6) is 0 Å². The van der Waals surface area contributed by atoms with Gasteiger partial charge in [0.05, 0.1) is 19.6 Å². The molecule has 0 unspecified atom stereocenters. The van der Waals surface area contributed by atoms with Crippen LogP contribution in [0.3, 0.4) is 0 Å². The van der Waals surface area contributed by atoms with Crippen molar-refractivity contribution in [2.24, 2.45) is 0 Å². The van der Waals surface area contributed by atoms with E-state index in [1.807, 2.05) is 27.7 Å². The normalized spacial score (nSPS) is 12.2. The van der Waals surface area contributed by atoms with Crippen LogP contribution >= 0.6 is 12.7 Å². The molecule has 0 N–H and O–H groups in total. The molecular weight excluding hydrogens is 830 g/mol. The van der Waals surface area contributed by atoms with Gasteiger partial charge in [-0.3, -0.25) is 0 Å². The first kappa shape index (κ1) is 42.5. The summed E-state index contributed by atoms with van der Waals surface area (Å²) in [6.45, 7) is 7.39. The maximum absolute atomic E-state index is 13.3. The van der Waals surface area contributed by atoms with Gasteiger partial charge in [0.1, 0.15) is 6.33 Å². The fraction of sp³-hybridized carbons (Fsp3) is 0.105. The molecule has 0 aliphatic heterocycles. The first-order valence-electron chi connectivity index (χ1n) is 15.8. The molecule has 0 aliphatic carbocycles. The van der Waals surface area contributed by atoms with Gasteiger partial charge in [-0.05, 0) is 82.6 Å². The van der Waals surface area contributed by atoms with Crippen LogP contribution in [-0.4, -0.2) is 33.7 Å². The van der Waals surface area contributed by atoms with Crippen molar-refractivity contribution in [3.8, 4) is 0 Å². The van der Waals surface area contributed by atoms with Crippen molar-refractivity contribution in [3.63, 3.8) is 0 Å². The summed E-state index contributed by atoms with van der Waals surface area (Å²) in [5.74, 6) is 0. The largest absolute Gasteiger partial charge is 0.747 e. The summed E-state index contributed by atoms with van der Waals surface area (Å²) in [4.78, 5) is 0.0781. The average Bonchev–Trinajstić information content (AvgIpc) is 3.81. The van der Waals surface area contributed by atoms with Crippen LogP contribution in [0.1, 0.15) is 22.3 Å². The Balaban J connectivity index is 0.000000232. The molecule has 0 aliphatic rings. The van der Waals surface area contributed by atoms with Gasteiger partial charge < -0.3 is 29.6 Å². The molecule has 6 rings (SSSR count). The van der Waals surface area contributed by atoms with Crippen LogP contribution in [-0.2, 0) is 54.9 Å². The second kappa shape index (κ2) is 17.1. The van der Waals surface area contributed by atoms with Crippen LogP contribution in [0, 0.1) is 27.7 Å². The molecule has 284 valence electrons. The van der Waals surface area contributed by atoms with E-state index in [0.717, 1.165) is 22.3 Å². The van der Waals surface area contributed by atoms with Crippen molar-refractivity contribution in [3.05, 3.63) is 168 Å². The quantitative estimate of drug-likeness (QED) is 0.0773. The average molecular weight is 867 g/mol. The number of rotatable bonds is 10. The van der Waals surface area contributed by atoms with Gasteiger partial charge in [0.15, 0.2) is 18.9 Å². The van der Waals surface area contributed by atoms with Crippen LogP contribution in [0.2, 0.25) is 0 Å². The van der Waals surface area contributed by atoms with Crippen molar-refractivity contribution in [2.75, 3.05) is 0 Å². The van der Waals surface area contributed by atoms with E-state index >= 15 is 0 Å². The molecule has 0 fully saturated rings. The molecule has 15 heteroatoms. The Kier molecular flexibility index (Phi) is 13.7. The minimum atomic E-state index is -4.08. The molecular formula is C38H36FeO8P2S4-6. The summed E-state index contributed by atoms with van der Waals surface area (Å²) in [7, 11) is -16.3. The molecule has 0 atom stereocenters. The number of hydrogen-bond donors (Lipinski definition) is 0. The summed E-state index contributed by atoms with van der Waals surface area (Å²) >= 11 is 0. The number of aryl methyl sites for hydroxylation is 4. The Morgan fingerprint density at radius 1 is 0.415 bits per heavy atom. The minimum absolute atomic E-state index is 0. The third-order valence-electron chi connectivity index (χ3n) is 7.86. The molecule has 6 aromatic carbocycles. The molecule has 6 aromatic rings. The molecule has 0 saturated carbocycles. The van der Waals surface area contributed by atoms with E-state index in [1.165, 1.54) is 48.5 Å². The monoisotopic (exact) mass is 866 g/mol. The van der Waals surface area contributed by atoms with Gasteiger partial charge in [0.25, 0.3) is 0 Å². The Hall–Kier alpha value is -3.24. The van der Waals surface area contributed by atoms with E-state index in [9.17, 15) is 33.7 Å². The third kappa shape index (κ3) is 9.35. The number of hydrogen-bond acceptors (Lipinski definition) is 8. The zero-order chi connectivity index (χ0) is 37.9. The summed E-state index contributed by atoms with van der Waals surface area (Å²) in [6, 6.07) is 37.9. The van der Waals surface area contributed by atoms with E-state index in [1.54, 1.807) is 97.1 Å². The van der Waals surface area contributed by atoms with Gasteiger partial charge in [0.2, 0.25) is 18.9 Å². The summed E-state index contributed by atoms with van der Waals surface area (Å²) in [5.41, 5.74) is 3.62. The second-order valence-electron chi connectivity index (χ2n) is 12.0. The van der Waals surface area contributed by atoms with Crippen LogP contribution < -0.4 is 10.6 Å². The van der Waals surface area contributed by atoms with Gasteiger partial charge in [0, 0.05) is 17.1 Å². The van der Waals surface area contributed by atoms with E-state index in [-0.39, 0.29) is 36.7 Å². The summed E-state index contributed by atoms with van der Waals surface area (Å²) in [5, 5.41) is 0.613. The van der Waals surface area contributed by atoms with Crippen molar-refractivity contribution < 1.29 is 50.7 Å². The van der Waals surface area contributed by atoms with Crippen LogP contribution in [0.25, 0.3) is 0 Å². The molecule has 8 nitrogen and oxygen atoms in total. The molecule has 0 radical (unpaired) electrons. The standard InChI is InChI=1S/2C19H18O4PS2.Fe/c2*1-15-7-11-18(12-8-15)25(20,21)24(17-5-3-4-6-17)26(22,23)19-13-9-16(2)10-14-19;/h2*3-14H,1-2H3;/q-5;-1;. The first-order chi connectivity index (χ1) is 24.5. The summed E-state index contributed by atoms with van der Waals surface area (Å²) < 4.78 is 106. The van der Waals surface area contributed by atoms with E-state index < -0.39 is 50.5 Å². The van der Waals surface area contributed by atoms with Crippen LogP contribution in [0.4, 0.5) is 0 Å². The molecule has 0 heterocycles. The molecule has 0 aromatic heterocycles.